The summed E-state index contributed by atoms with van der Waals surface area (Å²) in [5.41, 5.74) is 7.94. The number of amides is 1. The van der Waals surface area contributed by atoms with E-state index in [1.54, 1.807) is 0 Å². The van der Waals surface area contributed by atoms with Gasteiger partial charge in [-0.15, -0.1) is 0 Å². The Morgan fingerprint density at radius 3 is 2.68 bits per heavy atom. The van der Waals surface area contributed by atoms with Crippen LogP contribution in [0.15, 0.2) is 29.3 Å². The molecule has 8 nitrogen and oxygen atoms in total. The van der Waals surface area contributed by atoms with Gasteiger partial charge in [0, 0.05) is 18.2 Å². The predicted octanol–water partition coefficient (Wildman–Crippen LogP) is 0.861. The van der Waals surface area contributed by atoms with Crippen LogP contribution in [-0.2, 0) is 14.3 Å². The van der Waals surface area contributed by atoms with E-state index in [2.05, 4.69) is 39.5 Å². The van der Waals surface area contributed by atoms with Gasteiger partial charge in [0.15, 0.2) is 12.2 Å². The molecule has 5 N–H and O–H groups in total. The molecule has 0 bridgehead atoms. The van der Waals surface area contributed by atoms with Crippen molar-refractivity contribution in [2.45, 2.75) is 44.9 Å². The van der Waals surface area contributed by atoms with E-state index in [9.17, 15) is 9.59 Å². The normalized spacial score (nSPS) is 21.0. The minimum atomic E-state index is -0.696. The third kappa shape index (κ3) is 5.75. The van der Waals surface area contributed by atoms with Crippen molar-refractivity contribution in [2.75, 3.05) is 12.4 Å². The number of anilines is 1. The zero-order valence-electron chi connectivity index (χ0n) is 14.7. The van der Waals surface area contributed by atoms with Crippen LogP contribution in [0.25, 0.3) is 0 Å². The summed E-state index contributed by atoms with van der Waals surface area (Å²) in [7, 11) is 1.31. The second kappa shape index (κ2) is 8.48. The molecule has 1 aromatic carbocycles. The van der Waals surface area contributed by atoms with Gasteiger partial charge in [0.1, 0.15) is 0 Å². The van der Waals surface area contributed by atoms with Crippen molar-refractivity contribution < 1.29 is 14.3 Å². The first-order chi connectivity index (χ1) is 11.9. The number of guanidine groups is 1. The lowest BCUT2D eigenvalue weighted by atomic mass is 10.0. The van der Waals surface area contributed by atoms with Crippen LogP contribution in [-0.4, -0.2) is 37.3 Å². The maximum atomic E-state index is 11.8. The Morgan fingerprint density at radius 2 is 2.08 bits per heavy atom. The standard InChI is InChI=1S/C17H25N5O3/c1-10(2)11-4-6-12(7-5-11)19-16(18)22-17-20-13(8-14(23)21-17)9-15(24)25-3/h4-7,10,13,17,20H,8-9H2,1-3H3,(H,21,23)(H3,18,19,22). The Balaban J connectivity index is 1.97. The average molecular weight is 347 g/mol. The number of aliphatic imine (C=N–C) groups is 1. The summed E-state index contributed by atoms with van der Waals surface area (Å²) < 4.78 is 4.63. The van der Waals surface area contributed by atoms with Crippen LogP contribution < -0.4 is 21.7 Å². The Bertz CT molecular complexity index is 642. The number of hydrogen-bond acceptors (Lipinski definition) is 5. The summed E-state index contributed by atoms with van der Waals surface area (Å²) in [6.07, 6.45) is -0.413. The topological polar surface area (TPSA) is 118 Å². The van der Waals surface area contributed by atoms with E-state index in [0.717, 1.165) is 5.69 Å². The van der Waals surface area contributed by atoms with Crippen LogP contribution in [0.4, 0.5) is 5.69 Å². The van der Waals surface area contributed by atoms with Gasteiger partial charge in [0.25, 0.3) is 0 Å². The maximum absolute atomic E-state index is 11.8. The molecule has 1 aliphatic rings. The Morgan fingerprint density at radius 1 is 1.40 bits per heavy atom. The SMILES string of the molecule is COC(=O)CC1CC(=O)NC(/N=C(\N)Nc2ccc(C(C)C)cc2)N1. The highest BCUT2D eigenvalue weighted by Gasteiger charge is 2.27. The molecule has 1 amide bonds. The molecule has 2 unspecified atom stereocenters. The number of esters is 1. The smallest absolute Gasteiger partial charge is 0.307 e. The van der Waals surface area contributed by atoms with Crippen LogP contribution >= 0.6 is 0 Å². The van der Waals surface area contributed by atoms with Gasteiger partial charge in [-0.1, -0.05) is 26.0 Å². The number of benzene rings is 1. The van der Waals surface area contributed by atoms with Gasteiger partial charge in [-0.25, -0.2) is 4.99 Å². The summed E-state index contributed by atoms with van der Waals surface area (Å²) >= 11 is 0. The van der Waals surface area contributed by atoms with E-state index >= 15 is 0 Å². The number of hydrogen-bond donors (Lipinski definition) is 4. The number of carbonyl (C=O) groups excluding carboxylic acids is 2. The molecule has 0 aromatic heterocycles. The van der Waals surface area contributed by atoms with E-state index in [4.69, 9.17) is 5.73 Å². The van der Waals surface area contributed by atoms with Gasteiger partial charge in [0.2, 0.25) is 5.91 Å². The van der Waals surface area contributed by atoms with Crippen molar-refractivity contribution in [3.63, 3.8) is 0 Å². The van der Waals surface area contributed by atoms with Crippen LogP contribution in [0.3, 0.4) is 0 Å². The number of methoxy groups -OCH3 is 1. The molecule has 1 heterocycles. The number of nitrogens with zero attached hydrogens (tertiary/aromatic N) is 1. The zero-order chi connectivity index (χ0) is 18.4. The number of nitrogens with two attached hydrogens (primary N) is 1. The molecule has 2 atom stereocenters. The second-order valence-corrected chi connectivity index (χ2v) is 6.23. The molecule has 1 fully saturated rings. The highest BCUT2D eigenvalue weighted by molar-refractivity contribution is 5.92. The monoisotopic (exact) mass is 347 g/mol. The summed E-state index contributed by atoms with van der Waals surface area (Å²) in [5.74, 6) is 0.0315. The van der Waals surface area contributed by atoms with Gasteiger partial charge >= 0.3 is 5.97 Å². The Hall–Kier alpha value is -2.61. The predicted molar refractivity (Wildman–Crippen MR) is 95.9 cm³/mol. The molecular formula is C17H25N5O3. The fourth-order valence-electron chi connectivity index (χ4n) is 2.51. The molecule has 2 rings (SSSR count). The van der Waals surface area contributed by atoms with Crippen molar-refractivity contribution in [3.05, 3.63) is 29.8 Å². The molecule has 8 heteroatoms. The van der Waals surface area contributed by atoms with E-state index in [1.165, 1.54) is 12.7 Å². The average Bonchev–Trinajstić information content (AvgIpc) is 2.54. The first-order valence-electron chi connectivity index (χ1n) is 8.20. The Kier molecular flexibility index (Phi) is 6.35. The summed E-state index contributed by atoms with van der Waals surface area (Å²) in [5, 5.41) is 8.70. The van der Waals surface area contributed by atoms with Crippen molar-refractivity contribution in [2.24, 2.45) is 10.7 Å². The van der Waals surface area contributed by atoms with Crippen molar-refractivity contribution in [1.82, 2.24) is 10.6 Å². The van der Waals surface area contributed by atoms with Gasteiger partial charge < -0.3 is 21.1 Å². The van der Waals surface area contributed by atoms with Gasteiger partial charge in [-0.3, -0.25) is 14.9 Å². The summed E-state index contributed by atoms with van der Waals surface area (Å²) in [6.45, 7) is 4.25. The maximum Gasteiger partial charge on any atom is 0.307 e. The molecule has 0 radical (unpaired) electrons. The molecule has 25 heavy (non-hydrogen) atoms. The molecule has 1 saturated heterocycles. The van der Waals surface area contributed by atoms with Gasteiger partial charge in [-0.05, 0) is 23.6 Å². The third-order valence-corrected chi connectivity index (χ3v) is 3.88. The fourth-order valence-corrected chi connectivity index (χ4v) is 2.51. The van der Waals surface area contributed by atoms with Gasteiger partial charge in [0.05, 0.1) is 13.5 Å². The van der Waals surface area contributed by atoms with E-state index < -0.39 is 6.29 Å². The summed E-state index contributed by atoms with van der Waals surface area (Å²) in [6, 6.07) is 7.55. The quantitative estimate of drug-likeness (QED) is 0.356. The molecule has 0 aliphatic carbocycles. The summed E-state index contributed by atoms with van der Waals surface area (Å²) in [4.78, 5) is 27.3. The lowest BCUT2D eigenvalue weighted by Crippen LogP contribution is -2.56. The second-order valence-electron chi connectivity index (χ2n) is 6.23. The van der Waals surface area contributed by atoms with Crippen molar-refractivity contribution in [1.29, 1.82) is 0 Å². The number of carbonyl (C=O) groups is 2. The van der Waals surface area contributed by atoms with Crippen LogP contribution in [0.5, 0.6) is 0 Å². The zero-order valence-corrected chi connectivity index (χ0v) is 14.7. The number of rotatable bonds is 5. The van der Waals surface area contributed by atoms with Crippen LogP contribution in [0, 0.1) is 0 Å². The minimum absolute atomic E-state index is 0.0972. The van der Waals surface area contributed by atoms with Crippen LogP contribution in [0.2, 0.25) is 0 Å². The first-order valence-corrected chi connectivity index (χ1v) is 8.20. The highest BCUT2D eigenvalue weighted by atomic mass is 16.5. The van der Waals surface area contributed by atoms with Crippen LogP contribution in [0.1, 0.15) is 38.2 Å². The lowest BCUT2D eigenvalue weighted by molar-refractivity contribution is -0.141. The molecule has 1 aliphatic heterocycles. The van der Waals surface area contributed by atoms with Crippen molar-refractivity contribution >= 4 is 23.5 Å². The first kappa shape index (κ1) is 18.7. The van der Waals surface area contributed by atoms with E-state index in [1.807, 2.05) is 24.3 Å². The molecule has 0 spiro atoms. The fraction of sp³-hybridized carbons (Fsp3) is 0.471. The lowest BCUT2D eigenvalue weighted by Gasteiger charge is -2.28. The molecule has 1 aromatic rings. The Labute approximate surface area is 147 Å². The number of ether oxygens (including phenoxy) is 1. The third-order valence-electron chi connectivity index (χ3n) is 3.88. The minimum Gasteiger partial charge on any atom is -0.469 e. The highest BCUT2D eigenvalue weighted by Crippen LogP contribution is 2.17. The molecule has 136 valence electrons. The molecular weight excluding hydrogens is 322 g/mol. The van der Waals surface area contributed by atoms with E-state index in [-0.39, 0.29) is 36.7 Å². The van der Waals surface area contributed by atoms with Crippen molar-refractivity contribution in [3.8, 4) is 0 Å². The van der Waals surface area contributed by atoms with Gasteiger partial charge in [-0.2, -0.15) is 0 Å². The number of nitrogens with one attached hydrogen (secondary N) is 3. The largest absolute Gasteiger partial charge is 0.469 e. The van der Waals surface area contributed by atoms with E-state index in [0.29, 0.717) is 5.92 Å². The molecule has 0 saturated carbocycles.